The van der Waals surface area contributed by atoms with Gasteiger partial charge in [0.1, 0.15) is 11.4 Å². The molecular weight excluding hydrogens is 280 g/mol. The highest BCUT2D eigenvalue weighted by Crippen LogP contribution is 2.22. The first-order valence-corrected chi connectivity index (χ1v) is 7.92. The smallest absolute Gasteiger partial charge is 0.117 e. The Morgan fingerprint density at radius 3 is 2.71 bits per heavy atom. The van der Waals surface area contributed by atoms with Crippen LogP contribution in [0.15, 0.2) is 59.5 Å². The van der Waals surface area contributed by atoms with Gasteiger partial charge in [-0.2, -0.15) is 15.4 Å². The summed E-state index contributed by atoms with van der Waals surface area (Å²) in [5.41, 5.74) is 3.96. The van der Waals surface area contributed by atoms with Crippen molar-refractivity contribution < 1.29 is 0 Å². The largest absolute Gasteiger partial charge is 0.379 e. The van der Waals surface area contributed by atoms with Crippen molar-refractivity contribution >= 4 is 17.4 Å². The van der Waals surface area contributed by atoms with Gasteiger partial charge in [0.25, 0.3) is 0 Å². The molecule has 0 atom stereocenters. The molecule has 0 fully saturated rings. The number of nitrogens with zero attached hydrogens (tertiary/aromatic N) is 2. The van der Waals surface area contributed by atoms with Crippen molar-refractivity contribution in [2.24, 2.45) is 0 Å². The fraction of sp³-hybridized carbons (Fsp3) is 0.125. The van der Waals surface area contributed by atoms with Crippen LogP contribution in [-0.4, -0.2) is 21.7 Å². The molecule has 0 amide bonds. The van der Waals surface area contributed by atoms with Crippen molar-refractivity contribution in [3.63, 3.8) is 0 Å². The number of hydrogen-bond acceptors (Lipinski definition) is 4. The third kappa shape index (κ3) is 3.25. The molecule has 4 nitrogen and oxygen atoms in total. The van der Waals surface area contributed by atoms with Crippen LogP contribution in [0.2, 0.25) is 0 Å². The van der Waals surface area contributed by atoms with Gasteiger partial charge in [-0.3, -0.25) is 0 Å². The van der Waals surface area contributed by atoms with E-state index >= 15 is 0 Å². The Morgan fingerprint density at radius 1 is 1.05 bits per heavy atom. The SMILES string of the molecule is CSc1cccc(NCc2n[nH]nc2-c2ccccc2)c1. The number of benzene rings is 2. The zero-order chi connectivity index (χ0) is 14.5. The number of H-pyrrole nitrogens is 1. The van der Waals surface area contributed by atoms with Crippen LogP contribution in [0.25, 0.3) is 11.3 Å². The van der Waals surface area contributed by atoms with Crippen LogP contribution in [0.1, 0.15) is 5.69 Å². The topological polar surface area (TPSA) is 53.6 Å². The van der Waals surface area contributed by atoms with Crippen LogP contribution in [-0.2, 0) is 6.54 Å². The van der Waals surface area contributed by atoms with E-state index in [0.29, 0.717) is 6.54 Å². The van der Waals surface area contributed by atoms with Gasteiger partial charge in [0, 0.05) is 16.1 Å². The molecule has 0 bridgehead atoms. The molecule has 5 heteroatoms. The first kappa shape index (κ1) is 13.7. The lowest BCUT2D eigenvalue weighted by Crippen LogP contribution is -2.01. The maximum absolute atomic E-state index is 4.25. The monoisotopic (exact) mass is 296 g/mol. The molecule has 21 heavy (non-hydrogen) atoms. The molecule has 0 aliphatic carbocycles. The van der Waals surface area contributed by atoms with E-state index in [9.17, 15) is 0 Å². The second-order valence-electron chi connectivity index (χ2n) is 4.57. The van der Waals surface area contributed by atoms with Crippen molar-refractivity contribution in [3.05, 3.63) is 60.3 Å². The van der Waals surface area contributed by atoms with Crippen molar-refractivity contribution in [2.45, 2.75) is 11.4 Å². The van der Waals surface area contributed by atoms with Crippen LogP contribution in [0.5, 0.6) is 0 Å². The highest BCUT2D eigenvalue weighted by atomic mass is 32.2. The molecule has 0 saturated heterocycles. The Kier molecular flexibility index (Phi) is 4.21. The Morgan fingerprint density at radius 2 is 1.90 bits per heavy atom. The summed E-state index contributed by atoms with van der Waals surface area (Å²) >= 11 is 1.73. The standard InChI is InChI=1S/C16H16N4S/c1-21-14-9-5-8-13(10-14)17-11-15-16(19-20-18-15)12-6-3-2-4-7-12/h2-10,17H,11H2,1H3,(H,18,19,20). The van der Waals surface area contributed by atoms with Crippen molar-refractivity contribution in [2.75, 3.05) is 11.6 Å². The number of aromatic amines is 1. The molecule has 0 aliphatic heterocycles. The van der Waals surface area contributed by atoms with E-state index < -0.39 is 0 Å². The lowest BCUT2D eigenvalue weighted by atomic mass is 10.1. The Hall–Kier alpha value is -2.27. The fourth-order valence-corrected chi connectivity index (χ4v) is 2.58. The summed E-state index contributed by atoms with van der Waals surface area (Å²) in [4.78, 5) is 1.24. The number of thioether (sulfide) groups is 1. The highest BCUT2D eigenvalue weighted by molar-refractivity contribution is 7.98. The van der Waals surface area contributed by atoms with Crippen LogP contribution in [0, 0.1) is 0 Å². The molecular formula is C16H16N4S. The third-order valence-corrected chi connectivity index (χ3v) is 3.92. The zero-order valence-corrected chi connectivity index (χ0v) is 12.5. The van der Waals surface area contributed by atoms with E-state index in [1.165, 1.54) is 4.90 Å². The Balaban J connectivity index is 1.76. The second-order valence-corrected chi connectivity index (χ2v) is 5.45. The molecule has 0 unspecified atom stereocenters. The van der Waals surface area contributed by atoms with E-state index in [-0.39, 0.29) is 0 Å². The molecule has 3 rings (SSSR count). The quantitative estimate of drug-likeness (QED) is 0.703. The van der Waals surface area contributed by atoms with Gasteiger partial charge in [-0.1, -0.05) is 36.4 Å². The van der Waals surface area contributed by atoms with Crippen molar-refractivity contribution in [3.8, 4) is 11.3 Å². The maximum atomic E-state index is 4.25. The average molecular weight is 296 g/mol. The van der Waals surface area contributed by atoms with Gasteiger partial charge in [-0.25, -0.2) is 0 Å². The molecule has 3 aromatic rings. The van der Waals surface area contributed by atoms with E-state index in [2.05, 4.69) is 51.2 Å². The van der Waals surface area contributed by atoms with Crippen LogP contribution in [0.4, 0.5) is 5.69 Å². The minimum Gasteiger partial charge on any atom is -0.379 e. The molecule has 0 radical (unpaired) electrons. The number of rotatable bonds is 5. The molecule has 2 N–H and O–H groups in total. The van der Waals surface area contributed by atoms with Gasteiger partial charge in [-0.05, 0) is 24.5 Å². The molecule has 0 spiro atoms. The summed E-state index contributed by atoms with van der Waals surface area (Å²) in [6, 6.07) is 18.4. The van der Waals surface area contributed by atoms with Gasteiger partial charge in [0.15, 0.2) is 0 Å². The summed E-state index contributed by atoms with van der Waals surface area (Å²) in [5, 5.41) is 14.6. The Bertz CT molecular complexity index is 709. The molecule has 2 aromatic carbocycles. The van der Waals surface area contributed by atoms with Crippen LogP contribution >= 0.6 is 11.8 Å². The van der Waals surface area contributed by atoms with E-state index in [1.807, 2.05) is 30.3 Å². The van der Waals surface area contributed by atoms with E-state index in [1.54, 1.807) is 11.8 Å². The van der Waals surface area contributed by atoms with Gasteiger partial charge in [0.2, 0.25) is 0 Å². The molecule has 1 aromatic heterocycles. The van der Waals surface area contributed by atoms with Gasteiger partial charge in [-0.15, -0.1) is 11.8 Å². The summed E-state index contributed by atoms with van der Waals surface area (Å²) in [6.07, 6.45) is 2.07. The number of aromatic nitrogens is 3. The number of anilines is 1. The molecule has 106 valence electrons. The van der Waals surface area contributed by atoms with Gasteiger partial charge >= 0.3 is 0 Å². The summed E-state index contributed by atoms with van der Waals surface area (Å²) in [5.74, 6) is 0. The lowest BCUT2D eigenvalue weighted by Gasteiger charge is -2.07. The average Bonchev–Trinajstić information content (AvgIpc) is 3.02. The highest BCUT2D eigenvalue weighted by Gasteiger charge is 2.09. The Labute approximate surface area is 128 Å². The van der Waals surface area contributed by atoms with Gasteiger partial charge < -0.3 is 5.32 Å². The van der Waals surface area contributed by atoms with Gasteiger partial charge in [0.05, 0.1) is 6.54 Å². The minimum atomic E-state index is 0.637. The predicted octanol–water partition coefficient (Wildman–Crippen LogP) is 3.81. The summed E-state index contributed by atoms with van der Waals surface area (Å²) < 4.78 is 0. The minimum absolute atomic E-state index is 0.637. The van der Waals surface area contributed by atoms with Crippen LogP contribution in [0.3, 0.4) is 0 Å². The molecule has 0 saturated carbocycles. The van der Waals surface area contributed by atoms with E-state index in [4.69, 9.17) is 0 Å². The summed E-state index contributed by atoms with van der Waals surface area (Å²) in [6.45, 7) is 0.637. The molecule has 1 heterocycles. The van der Waals surface area contributed by atoms with Crippen molar-refractivity contribution in [1.29, 1.82) is 0 Å². The number of hydrogen-bond donors (Lipinski definition) is 2. The van der Waals surface area contributed by atoms with Crippen LogP contribution < -0.4 is 5.32 Å². The first-order valence-electron chi connectivity index (χ1n) is 6.70. The first-order chi connectivity index (χ1) is 10.4. The number of nitrogens with one attached hydrogen (secondary N) is 2. The second kappa shape index (κ2) is 6.45. The predicted molar refractivity (Wildman–Crippen MR) is 87.4 cm³/mol. The summed E-state index contributed by atoms with van der Waals surface area (Å²) in [7, 11) is 0. The zero-order valence-electron chi connectivity index (χ0n) is 11.7. The lowest BCUT2D eigenvalue weighted by molar-refractivity contribution is 0.911. The normalized spacial score (nSPS) is 10.5. The molecule has 0 aliphatic rings. The maximum Gasteiger partial charge on any atom is 0.117 e. The van der Waals surface area contributed by atoms with E-state index in [0.717, 1.165) is 22.6 Å². The fourth-order valence-electron chi connectivity index (χ4n) is 2.12. The third-order valence-electron chi connectivity index (χ3n) is 3.20. The van der Waals surface area contributed by atoms with Crippen molar-refractivity contribution in [1.82, 2.24) is 15.4 Å².